The van der Waals surface area contributed by atoms with Crippen LogP contribution in [0.15, 0.2) is 10.7 Å². The highest BCUT2D eigenvalue weighted by molar-refractivity contribution is 6.03. The average Bonchev–Trinajstić information content (AvgIpc) is 3.54. The minimum atomic E-state index is -0.605. The molecule has 2 unspecified atom stereocenters. The van der Waals surface area contributed by atoms with E-state index in [0.29, 0.717) is 47.3 Å². The van der Waals surface area contributed by atoms with Crippen LogP contribution in [0.5, 0.6) is 0 Å². The zero-order valence-corrected chi connectivity index (χ0v) is 19.8. The zero-order chi connectivity index (χ0) is 23.8. The quantitative estimate of drug-likeness (QED) is 0.537. The second kappa shape index (κ2) is 9.25. The molecule has 0 saturated carbocycles. The summed E-state index contributed by atoms with van der Waals surface area (Å²) in [6.07, 6.45) is 8.66. The van der Waals surface area contributed by atoms with Gasteiger partial charge < -0.3 is 15.2 Å². The van der Waals surface area contributed by atoms with Gasteiger partial charge in [-0.1, -0.05) is 18.5 Å². The molecular weight excluding hydrogens is 434 g/mol. The smallest absolute Gasteiger partial charge is 0.269 e. The SMILES string of the molecule is CCCCC(=O)C1CCCc2c(-c3ncc4c(C(N)=O)nn(CC5CCCN5C)c4n3)noc21. The predicted octanol–water partition coefficient (Wildman–Crippen LogP) is 2.85. The highest BCUT2D eigenvalue weighted by Gasteiger charge is 2.34. The third-order valence-corrected chi connectivity index (χ3v) is 7.21. The molecule has 0 spiro atoms. The molecule has 34 heavy (non-hydrogen) atoms. The number of likely N-dealkylation sites (N-methyl/N-ethyl adjacent to an activating group) is 1. The summed E-state index contributed by atoms with van der Waals surface area (Å²) in [7, 11) is 2.10. The van der Waals surface area contributed by atoms with E-state index in [1.807, 2.05) is 0 Å². The summed E-state index contributed by atoms with van der Waals surface area (Å²) in [6, 6.07) is 0.317. The largest absolute Gasteiger partial charge is 0.364 e. The lowest BCUT2D eigenvalue weighted by atomic mass is 9.83. The molecule has 1 saturated heterocycles. The molecule has 4 heterocycles. The first-order valence-corrected chi connectivity index (χ1v) is 12.2. The van der Waals surface area contributed by atoms with Crippen molar-refractivity contribution in [2.24, 2.45) is 5.73 Å². The Kier molecular flexibility index (Phi) is 6.16. The first-order chi connectivity index (χ1) is 16.5. The summed E-state index contributed by atoms with van der Waals surface area (Å²) >= 11 is 0. The Morgan fingerprint density at radius 1 is 1.26 bits per heavy atom. The molecule has 1 fully saturated rings. The molecule has 10 heteroatoms. The van der Waals surface area contributed by atoms with Crippen LogP contribution < -0.4 is 5.73 Å². The number of hydrogen-bond acceptors (Lipinski definition) is 8. The van der Waals surface area contributed by atoms with Gasteiger partial charge >= 0.3 is 0 Å². The van der Waals surface area contributed by atoms with Crippen molar-refractivity contribution in [3.8, 4) is 11.5 Å². The van der Waals surface area contributed by atoms with Crippen LogP contribution in [0.3, 0.4) is 0 Å². The fourth-order valence-corrected chi connectivity index (χ4v) is 5.25. The fraction of sp³-hybridized carbons (Fsp3) is 0.583. The Morgan fingerprint density at radius 2 is 2.12 bits per heavy atom. The number of primary amides is 1. The third-order valence-electron chi connectivity index (χ3n) is 7.21. The average molecular weight is 466 g/mol. The van der Waals surface area contributed by atoms with Crippen LogP contribution >= 0.6 is 0 Å². The van der Waals surface area contributed by atoms with Crippen molar-refractivity contribution in [2.75, 3.05) is 13.6 Å². The second-order valence-electron chi connectivity index (χ2n) is 9.49. The molecule has 180 valence electrons. The van der Waals surface area contributed by atoms with Gasteiger partial charge in [-0.25, -0.2) is 14.6 Å². The molecule has 1 aliphatic heterocycles. The van der Waals surface area contributed by atoms with Crippen molar-refractivity contribution in [3.63, 3.8) is 0 Å². The van der Waals surface area contributed by atoms with E-state index in [2.05, 4.69) is 34.1 Å². The Hall–Kier alpha value is -3.14. The van der Waals surface area contributed by atoms with E-state index < -0.39 is 5.91 Å². The van der Waals surface area contributed by atoms with Crippen molar-refractivity contribution in [2.45, 2.75) is 76.8 Å². The number of amides is 1. The van der Waals surface area contributed by atoms with Gasteiger partial charge in [-0.2, -0.15) is 5.10 Å². The van der Waals surface area contributed by atoms with E-state index in [9.17, 15) is 9.59 Å². The summed E-state index contributed by atoms with van der Waals surface area (Å²) in [5, 5.41) is 9.31. The molecule has 0 radical (unpaired) electrons. The minimum absolute atomic E-state index is 0.172. The number of Topliss-reactive ketones (excluding diaryl/α,β-unsaturated/α-hetero) is 1. The normalized spacial score (nSPS) is 20.6. The van der Waals surface area contributed by atoms with E-state index in [0.717, 1.165) is 57.1 Å². The number of aromatic nitrogens is 5. The maximum atomic E-state index is 12.8. The lowest BCUT2D eigenvalue weighted by Crippen LogP contribution is -2.30. The van der Waals surface area contributed by atoms with Gasteiger partial charge in [-0.15, -0.1) is 0 Å². The monoisotopic (exact) mass is 465 g/mol. The van der Waals surface area contributed by atoms with Crippen molar-refractivity contribution in [3.05, 3.63) is 23.2 Å². The van der Waals surface area contributed by atoms with Gasteiger partial charge in [0.05, 0.1) is 17.8 Å². The van der Waals surface area contributed by atoms with Crippen LogP contribution in [0.25, 0.3) is 22.6 Å². The Morgan fingerprint density at radius 3 is 2.85 bits per heavy atom. The number of nitrogens with two attached hydrogens (primary N) is 1. The van der Waals surface area contributed by atoms with Gasteiger partial charge in [0, 0.05) is 24.2 Å². The van der Waals surface area contributed by atoms with E-state index in [4.69, 9.17) is 15.2 Å². The third kappa shape index (κ3) is 4.00. The van der Waals surface area contributed by atoms with Gasteiger partial charge in [-0.05, 0) is 52.1 Å². The molecule has 3 aromatic rings. The summed E-state index contributed by atoms with van der Waals surface area (Å²) in [5.41, 5.74) is 7.80. The summed E-state index contributed by atoms with van der Waals surface area (Å²) < 4.78 is 7.47. The Bertz CT molecular complexity index is 1230. The summed E-state index contributed by atoms with van der Waals surface area (Å²) in [4.78, 5) is 36.4. The first kappa shape index (κ1) is 22.6. The van der Waals surface area contributed by atoms with Gasteiger partial charge in [0.25, 0.3) is 5.91 Å². The molecule has 5 rings (SSSR count). The Labute approximate surface area is 197 Å². The lowest BCUT2D eigenvalue weighted by Gasteiger charge is -2.19. The van der Waals surface area contributed by atoms with Crippen molar-refractivity contribution in [1.29, 1.82) is 0 Å². The molecular formula is C24H31N7O3. The number of carbonyl (C=O) groups excluding carboxylic acids is 2. The molecule has 0 aromatic carbocycles. The van der Waals surface area contributed by atoms with Crippen molar-refractivity contribution < 1.29 is 14.1 Å². The summed E-state index contributed by atoms with van der Waals surface area (Å²) in [5.74, 6) is 0.435. The molecule has 2 atom stereocenters. The maximum Gasteiger partial charge on any atom is 0.269 e. The van der Waals surface area contributed by atoms with Crippen LogP contribution in [-0.4, -0.2) is 61.1 Å². The predicted molar refractivity (Wildman–Crippen MR) is 125 cm³/mol. The van der Waals surface area contributed by atoms with Crippen molar-refractivity contribution >= 4 is 22.7 Å². The number of unbranched alkanes of at least 4 members (excludes halogenated alkanes) is 1. The van der Waals surface area contributed by atoms with Gasteiger partial charge in [-0.3, -0.25) is 9.59 Å². The first-order valence-electron chi connectivity index (χ1n) is 12.2. The second-order valence-corrected chi connectivity index (χ2v) is 9.49. The molecule has 10 nitrogen and oxygen atoms in total. The number of carbonyl (C=O) groups is 2. The van der Waals surface area contributed by atoms with Crippen LogP contribution in [-0.2, 0) is 17.8 Å². The zero-order valence-electron chi connectivity index (χ0n) is 19.8. The van der Waals surface area contributed by atoms with Crippen molar-refractivity contribution in [1.82, 2.24) is 29.8 Å². The standard InChI is InChI=1S/C24H31N7O3/c1-3-4-10-18(32)15-8-5-9-16-20(29-34-21(15)16)23-26-12-17-19(22(25)33)28-31(24(17)27-23)13-14-7-6-11-30(14)2/h12,14-15H,3-11,13H2,1-2H3,(H2,25,33). The molecule has 1 amide bonds. The van der Waals surface area contributed by atoms with E-state index in [-0.39, 0.29) is 17.4 Å². The fourth-order valence-electron chi connectivity index (χ4n) is 5.25. The number of rotatable bonds is 8. The summed E-state index contributed by atoms with van der Waals surface area (Å²) in [6.45, 7) is 3.73. The van der Waals surface area contributed by atoms with E-state index >= 15 is 0 Å². The Balaban J connectivity index is 1.52. The van der Waals surface area contributed by atoms with Gasteiger partial charge in [0.2, 0.25) is 0 Å². The number of nitrogens with zero attached hydrogens (tertiary/aromatic N) is 6. The van der Waals surface area contributed by atoms with E-state index in [1.54, 1.807) is 10.9 Å². The van der Waals surface area contributed by atoms with Crippen LogP contribution in [0.2, 0.25) is 0 Å². The van der Waals surface area contributed by atoms with E-state index in [1.165, 1.54) is 0 Å². The van der Waals surface area contributed by atoms with Crippen LogP contribution in [0.1, 0.15) is 79.6 Å². The topological polar surface area (TPSA) is 133 Å². The molecule has 2 N–H and O–H groups in total. The molecule has 3 aromatic heterocycles. The lowest BCUT2D eigenvalue weighted by molar-refractivity contribution is -0.121. The highest BCUT2D eigenvalue weighted by atomic mass is 16.5. The van der Waals surface area contributed by atoms with Crippen LogP contribution in [0, 0.1) is 0 Å². The number of hydrogen-bond donors (Lipinski definition) is 1. The molecule has 1 aliphatic carbocycles. The van der Waals surface area contributed by atoms with Crippen LogP contribution in [0.4, 0.5) is 0 Å². The maximum absolute atomic E-state index is 12.8. The number of fused-ring (bicyclic) bond motifs is 2. The highest BCUT2D eigenvalue weighted by Crippen LogP contribution is 2.38. The minimum Gasteiger partial charge on any atom is -0.364 e. The number of likely N-dealkylation sites (tertiary alicyclic amines) is 1. The molecule has 2 aliphatic rings. The van der Waals surface area contributed by atoms with Gasteiger partial charge in [0.1, 0.15) is 5.78 Å². The molecule has 0 bridgehead atoms. The van der Waals surface area contributed by atoms with Gasteiger partial charge in [0.15, 0.2) is 28.6 Å². The number of ketones is 1.